The van der Waals surface area contributed by atoms with Crippen molar-refractivity contribution in [1.29, 1.82) is 0 Å². The van der Waals surface area contributed by atoms with E-state index in [1.165, 1.54) is 50.6 Å². The molecular formula is C29H44N2O2. The third-order valence-corrected chi connectivity index (χ3v) is 11.3. The number of likely N-dealkylation sites (tertiary alicyclic amines) is 1. The molecule has 8 atom stereocenters. The van der Waals surface area contributed by atoms with Gasteiger partial charge in [-0.25, -0.2) is 0 Å². The molecule has 2 aliphatic heterocycles. The number of ether oxygens (including phenoxy) is 1. The van der Waals surface area contributed by atoms with Gasteiger partial charge in [0.2, 0.25) is 0 Å². The van der Waals surface area contributed by atoms with Crippen LogP contribution in [0.4, 0.5) is 0 Å². The lowest BCUT2D eigenvalue weighted by molar-refractivity contribution is -0.116. The standard InChI is InChI=1S/C29H44N2O2/c1-18-17-29(19(2)27-26(33-29)5-4-13-31(27)14-12-30)11-9-22-23-7-6-20-15-21(32)8-10-28(20,3)25(23)16-24(18)22/h15,19,22-23,25-27H,4-14,16-17,30H2,1-3H3. The largest absolute Gasteiger partial charge is 0.369 e. The van der Waals surface area contributed by atoms with Gasteiger partial charge in [0.25, 0.3) is 0 Å². The Morgan fingerprint density at radius 3 is 2.88 bits per heavy atom. The maximum absolute atomic E-state index is 12.1. The molecule has 8 unspecified atom stereocenters. The maximum atomic E-state index is 12.1. The van der Waals surface area contributed by atoms with Crippen LogP contribution in [0.1, 0.15) is 85.0 Å². The predicted octanol–water partition coefficient (Wildman–Crippen LogP) is 5.03. The Kier molecular flexibility index (Phi) is 5.47. The van der Waals surface area contributed by atoms with Crippen LogP contribution < -0.4 is 5.73 Å². The highest BCUT2D eigenvalue weighted by molar-refractivity contribution is 5.91. The highest BCUT2D eigenvalue weighted by atomic mass is 16.5. The number of rotatable bonds is 2. The van der Waals surface area contributed by atoms with Crippen molar-refractivity contribution in [2.45, 2.75) is 103 Å². The molecule has 6 aliphatic rings. The van der Waals surface area contributed by atoms with Crippen LogP contribution in [0.25, 0.3) is 0 Å². The Bertz CT molecular complexity index is 890. The van der Waals surface area contributed by atoms with Gasteiger partial charge in [0.1, 0.15) is 0 Å². The van der Waals surface area contributed by atoms with Crippen molar-refractivity contribution < 1.29 is 9.53 Å². The van der Waals surface area contributed by atoms with Crippen LogP contribution in [0.5, 0.6) is 0 Å². The summed E-state index contributed by atoms with van der Waals surface area (Å²) < 4.78 is 7.09. The van der Waals surface area contributed by atoms with Gasteiger partial charge in [-0.05, 0) is 101 Å². The summed E-state index contributed by atoms with van der Waals surface area (Å²) in [6, 6.07) is 0.548. The third kappa shape index (κ3) is 3.30. The number of ketones is 1. The molecule has 4 fully saturated rings. The van der Waals surface area contributed by atoms with Crippen molar-refractivity contribution in [1.82, 2.24) is 4.90 Å². The number of carbonyl (C=O) groups is 1. The van der Waals surface area contributed by atoms with Crippen molar-refractivity contribution in [3.05, 3.63) is 22.8 Å². The molecule has 4 heteroatoms. The monoisotopic (exact) mass is 452 g/mol. The first-order valence-electron chi connectivity index (χ1n) is 13.9. The number of carbonyl (C=O) groups excluding carboxylic acids is 1. The molecule has 0 radical (unpaired) electrons. The van der Waals surface area contributed by atoms with Gasteiger partial charge in [-0.3, -0.25) is 9.69 Å². The van der Waals surface area contributed by atoms with E-state index in [1.54, 1.807) is 11.1 Å². The summed E-state index contributed by atoms with van der Waals surface area (Å²) in [4.78, 5) is 14.8. The molecule has 1 spiro atoms. The first-order valence-corrected chi connectivity index (χ1v) is 13.9. The van der Waals surface area contributed by atoms with E-state index < -0.39 is 0 Å². The van der Waals surface area contributed by atoms with E-state index in [-0.39, 0.29) is 11.0 Å². The van der Waals surface area contributed by atoms with Gasteiger partial charge in [-0.2, -0.15) is 0 Å². The van der Waals surface area contributed by atoms with E-state index in [0.717, 1.165) is 56.5 Å². The molecule has 4 aliphatic carbocycles. The highest BCUT2D eigenvalue weighted by Crippen LogP contribution is 2.64. The van der Waals surface area contributed by atoms with Crippen LogP contribution in [0.2, 0.25) is 0 Å². The van der Waals surface area contributed by atoms with Crippen LogP contribution in [0, 0.1) is 29.1 Å². The number of nitrogens with two attached hydrogens (primary N) is 1. The molecule has 4 nitrogen and oxygen atoms in total. The average Bonchev–Trinajstić information content (AvgIpc) is 3.26. The lowest BCUT2D eigenvalue weighted by Crippen LogP contribution is -2.51. The number of fused-ring (bicyclic) bond motifs is 6. The molecule has 6 rings (SSSR count). The molecule has 182 valence electrons. The average molecular weight is 453 g/mol. The molecule has 2 saturated heterocycles. The molecule has 0 aromatic rings. The van der Waals surface area contributed by atoms with Crippen LogP contribution in [-0.4, -0.2) is 48.1 Å². The molecule has 33 heavy (non-hydrogen) atoms. The Labute approximate surface area is 200 Å². The van der Waals surface area contributed by atoms with Gasteiger partial charge >= 0.3 is 0 Å². The van der Waals surface area contributed by atoms with E-state index >= 15 is 0 Å². The zero-order chi connectivity index (χ0) is 23.0. The summed E-state index contributed by atoms with van der Waals surface area (Å²) in [5, 5.41) is 0. The van der Waals surface area contributed by atoms with Crippen molar-refractivity contribution >= 4 is 5.78 Å². The molecule has 2 saturated carbocycles. The lowest BCUT2D eigenvalue weighted by atomic mass is 9.56. The molecule has 0 amide bonds. The van der Waals surface area contributed by atoms with Crippen LogP contribution in [0.15, 0.2) is 22.8 Å². The van der Waals surface area contributed by atoms with Crippen LogP contribution in [-0.2, 0) is 9.53 Å². The summed E-state index contributed by atoms with van der Waals surface area (Å²) in [5.74, 6) is 3.21. The van der Waals surface area contributed by atoms with Gasteiger partial charge in [0.05, 0.1) is 11.7 Å². The molecular weight excluding hydrogens is 408 g/mol. The SMILES string of the molecule is CC1=C2CC3C(CCC4=CC(=O)CCC43C)C2CCC2(C1)OC1CCCN(CCN)C1C2C. The topological polar surface area (TPSA) is 55.6 Å². The minimum atomic E-state index is 0.0182. The van der Waals surface area contributed by atoms with Gasteiger partial charge in [-0.15, -0.1) is 0 Å². The number of piperidine rings is 1. The fourth-order valence-corrected chi connectivity index (χ4v) is 9.64. The van der Waals surface area contributed by atoms with E-state index in [4.69, 9.17) is 10.5 Å². The van der Waals surface area contributed by atoms with E-state index in [9.17, 15) is 4.79 Å². The molecule has 2 heterocycles. The van der Waals surface area contributed by atoms with Crippen LogP contribution >= 0.6 is 0 Å². The van der Waals surface area contributed by atoms with Crippen LogP contribution in [0.3, 0.4) is 0 Å². The van der Waals surface area contributed by atoms with Gasteiger partial charge in [-0.1, -0.05) is 30.6 Å². The van der Waals surface area contributed by atoms with Crippen molar-refractivity contribution in [2.24, 2.45) is 34.8 Å². The zero-order valence-corrected chi connectivity index (χ0v) is 21.1. The second-order valence-electron chi connectivity index (χ2n) is 12.7. The Hall–Kier alpha value is -0.970. The second kappa shape index (κ2) is 8.03. The zero-order valence-electron chi connectivity index (χ0n) is 21.1. The Morgan fingerprint density at radius 1 is 1.21 bits per heavy atom. The number of allylic oxidation sites excluding steroid dienone is 3. The quantitative estimate of drug-likeness (QED) is 0.598. The maximum Gasteiger partial charge on any atom is 0.155 e. The van der Waals surface area contributed by atoms with Crippen molar-refractivity contribution in [3.63, 3.8) is 0 Å². The first-order chi connectivity index (χ1) is 15.9. The number of hydrogen-bond acceptors (Lipinski definition) is 4. The smallest absolute Gasteiger partial charge is 0.155 e. The molecule has 2 N–H and O–H groups in total. The van der Waals surface area contributed by atoms with Gasteiger partial charge < -0.3 is 10.5 Å². The normalized spacial score (nSPS) is 47.6. The summed E-state index contributed by atoms with van der Waals surface area (Å²) in [5.41, 5.74) is 11.2. The summed E-state index contributed by atoms with van der Waals surface area (Å²) >= 11 is 0. The second-order valence-corrected chi connectivity index (χ2v) is 12.7. The van der Waals surface area contributed by atoms with E-state index in [2.05, 4.69) is 25.7 Å². The molecule has 0 bridgehead atoms. The first kappa shape index (κ1) is 22.5. The summed E-state index contributed by atoms with van der Waals surface area (Å²) in [6.07, 6.45) is 14.0. The minimum absolute atomic E-state index is 0.0182. The Morgan fingerprint density at radius 2 is 2.06 bits per heavy atom. The summed E-state index contributed by atoms with van der Waals surface area (Å²) in [6.45, 7) is 10.4. The fourth-order valence-electron chi connectivity index (χ4n) is 9.64. The van der Waals surface area contributed by atoms with Crippen molar-refractivity contribution in [3.8, 4) is 0 Å². The van der Waals surface area contributed by atoms with E-state index in [1.807, 2.05) is 6.08 Å². The lowest BCUT2D eigenvalue weighted by Gasteiger charge is -2.48. The number of hydrogen-bond donors (Lipinski definition) is 1. The van der Waals surface area contributed by atoms with Crippen molar-refractivity contribution in [2.75, 3.05) is 19.6 Å². The number of nitrogens with zero attached hydrogens (tertiary/aromatic N) is 1. The molecule has 0 aromatic carbocycles. The predicted molar refractivity (Wildman–Crippen MR) is 132 cm³/mol. The Balaban J connectivity index is 1.29. The fraction of sp³-hybridized carbons (Fsp3) is 0.828. The minimum Gasteiger partial charge on any atom is -0.369 e. The van der Waals surface area contributed by atoms with Gasteiger partial charge in [0.15, 0.2) is 5.78 Å². The summed E-state index contributed by atoms with van der Waals surface area (Å²) in [7, 11) is 0. The van der Waals surface area contributed by atoms with E-state index in [0.29, 0.717) is 23.8 Å². The van der Waals surface area contributed by atoms with Gasteiger partial charge in [0, 0.05) is 31.5 Å². The molecule has 0 aromatic heterocycles. The third-order valence-electron chi connectivity index (χ3n) is 11.3. The highest BCUT2D eigenvalue weighted by Gasteiger charge is 2.58.